The minimum absolute atomic E-state index is 0.00701. The van der Waals surface area contributed by atoms with Crippen molar-refractivity contribution in [1.29, 1.82) is 0 Å². The summed E-state index contributed by atoms with van der Waals surface area (Å²) in [6, 6.07) is 29.2. The van der Waals surface area contributed by atoms with E-state index in [0.29, 0.717) is 5.75 Å². The third kappa shape index (κ3) is 8.36. The fraction of sp³-hybridized carbons (Fsp3) is 0.316. The van der Waals surface area contributed by atoms with Crippen LogP contribution in [0.25, 0.3) is 0 Å². The van der Waals surface area contributed by atoms with Gasteiger partial charge in [-0.25, -0.2) is 8.42 Å². The first-order chi connectivity index (χ1) is 23.2. The van der Waals surface area contributed by atoms with Gasteiger partial charge < -0.3 is 19.7 Å². The van der Waals surface area contributed by atoms with Crippen molar-refractivity contribution in [3.8, 4) is 11.5 Å². The van der Waals surface area contributed by atoms with Crippen molar-refractivity contribution in [2.24, 2.45) is 0 Å². The van der Waals surface area contributed by atoms with Crippen LogP contribution in [-0.4, -0.2) is 58.0 Å². The summed E-state index contributed by atoms with van der Waals surface area (Å²) in [7, 11) is -1.38. The van der Waals surface area contributed by atoms with Crippen LogP contribution in [0.2, 0.25) is 0 Å². The summed E-state index contributed by atoms with van der Waals surface area (Å²) < 4.78 is 40.8. The molecular formula is C38H43N3O6S. The van der Waals surface area contributed by atoms with Gasteiger partial charge in [0.15, 0.2) is 0 Å². The number of anilines is 1. The summed E-state index contributed by atoms with van der Waals surface area (Å²) in [4.78, 5) is 30.5. The highest BCUT2D eigenvalue weighted by atomic mass is 32.2. The van der Waals surface area contributed by atoms with Crippen molar-refractivity contribution in [3.05, 3.63) is 120 Å². The summed E-state index contributed by atoms with van der Waals surface area (Å²) >= 11 is 0. The van der Waals surface area contributed by atoms with E-state index in [4.69, 9.17) is 9.47 Å². The fourth-order valence-corrected chi connectivity index (χ4v) is 7.47. The number of benzene rings is 4. The lowest BCUT2D eigenvalue weighted by Gasteiger charge is -2.34. The molecule has 1 N–H and O–H groups in total. The van der Waals surface area contributed by atoms with E-state index in [1.165, 1.54) is 37.3 Å². The number of nitrogens with one attached hydrogen (secondary N) is 1. The molecule has 1 aliphatic rings. The molecule has 0 radical (unpaired) electrons. The lowest BCUT2D eigenvalue weighted by Crippen LogP contribution is -2.54. The molecule has 4 aromatic carbocycles. The molecule has 1 fully saturated rings. The second kappa shape index (κ2) is 15.8. The van der Waals surface area contributed by atoms with E-state index in [-0.39, 0.29) is 41.2 Å². The molecule has 48 heavy (non-hydrogen) atoms. The van der Waals surface area contributed by atoms with Gasteiger partial charge in [-0.1, -0.05) is 91.2 Å². The molecule has 0 heterocycles. The van der Waals surface area contributed by atoms with Crippen molar-refractivity contribution in [1.82, 2.24) is 10.2 Å². The van der Waals surface area contributed by atoms with Crippen molar-refractivity contribution in [3.63, 3.8) is 0 Å². The zero-order chi connectivity index (χ0) is 34.1. The van der Waals surface area contributed by atoms with Crippen LogP contribution in [0.15, 0.2) is 108 Å². The molecule has 9 nitrogen and oxygen atoms in total. The van der Waals surface area contributed by atoms with Gasteiger partial charge in [0.1, 0.15) is 24.1 Å². The predicted octanol–water partition coefficient (Wildman–Crippen LogP) is 5.91. The van der Waals surface area contributed by atoms with E-state index in [0.717, 1.165) is 46.7 Å². The highest BCUT2D eigenvalue weighted by Crippen LogP contribution is 2.36. The Morgan fingerprint density at radius 1 is 0.833 bits per heavy atom. The van der Waals surface area contributed by atoms with Gasteiger partial charge in [0.05, 0.1) is 24.8 Å². The number of aryl methyl sites for hydroxylation is 1. The second-order valence-electron chi connectivity index (χ2n) is 12.1. The topological polar surface area (TPSA) is 105 Å². The average molecular weight is 670 g/mol. The number of ether oxygens (including phenoxy) is 2. The van der Waals surface area contributed by atoms with Crippen LogP contribution in [-0.2, 0) is 32.6 Å². The number of carbonyl (C=O) groups is 2. The predicted molar refractivity (Wildman–Crippen MR) is 187 cm³/mol. The minimum Gasteiger partial charge on any atom is -0.497 e. The third-order valence-corrected chi connectivity index (χ3v) is 10.5. The fourth-order valence-electron chi connectivity index (χ4n) is 6.04. The molecule has 0 bridgehead atoms. The first-order valence-corrected chi connectivity index (χ1v) is 17.6. The highest BCUT2D eigenvalue weighted by molar-refractivity contribution is 7.92. The maximum Gasteiger partial charge on any atom is 0.264 e. The van der Waals surface area contributed by atoms with Crippen LogP contribution in [0, 0.1) is 6.92 Å². The summed E-state index contributed by atoms with van der Waals surface area (Å²) in [6.45, 7) is 1.49. The van der Waals surface area contributed by atoms with E-state index < -0.39 is 28.5 Å². The van der Waals surface area contributed by atoms with Crippen LogP contribution in [0.4, 0.5) is 5.69 Å². The van der Waals surface area contributed by atoms with Crippen LogP contribution in [0.1, 0.15) is 42.4 Å². The van der Waals surface area contributed by atoms with Gasteiger partial charge in [-0.2, -0.15) is 0 Å². The first kappa shape index (κ1) is 34.5. The largest absolute Gasteiger partial charge is 0.497 e. The normalized spacial score (nSPS) is 13.8. The highest BCUT2D eigenvalue weighted by Gasteiger charge is 2.36. The monoisotopic (exact) mass is 669 g/mol. The van der Waals surface area contributed by atoms with Crippen molar-refractivity contribution < 1.29 is 27.5 Å². The molecule has 2 amide bonds. The SMILES string of the molecule is COc1ccc(OC)c(N(CC(=O)N(Cc2ccc(C)cc2)[C@@H](Cc2ccccc2)C(=O)NC2CCCC2)S(=O)(=O)c2ccccc2)c1. The van der Waals surface area contributed by atoms with Crippen LogP contribution in [0.5, 0.6) is 11.5 Å². The molecule has 10 heteroatoms. The quantitative estimate of drug-likeness (QED) is 0.179. The van der Waals surface area contributed by atoms with Gasteiger partial charge >= 0.3 is 0 Å². The number of methoxy groups -OCH3 is 2. The van der Waals surface area contributed by atoms with E-state index in [1.807, 2.05) is 61.5 Å². The maximum atomic E-state index is 14.8. The molecule has 0 spiro atoms. The molecule has 1 atom stereocenters. The zero-order valence-corrected chi connectivity index (χ0v) is 28.5. The Balaban J connectivity index is 1.60. The average Bonchev–Trinajstić information content (AvgIpc) is 3.63. The Morgan fingerprint density at radius 3 is 2.10 bits per heavy atom. The molecule has 5 rings (SSSR count). The van der Waals surface area contributed by atoms with Crippen molar-refractivity contribution in [2.45, 2.75) is 62.6 Å². The maximum absolute atomic E-state index is 14.8. The zero-order valence-electron chi connectivity index (χ0n) is 27.7. The molecule has 0 saturated heterocycles. The van der Waals surface area contributed by atoms with E-state index in [2.05, 4.69) is 5.32 Å². The number of hydrogen-bond acceptors (Lipinski definition) is 6. The lowest BCUT2D eigenvalue weighted by atomic mass is 10.0. The number of amides is 2. The van der Waals surface area contributed by atoms with Gasteiger partial charge in [0, 0.05) is 25.1 Å². The van der Waals surface area contributed by atoms with E-state index in [9.17, 15) is 18.0 Å². The van der Waals surface area contributed by atoms with Crippen LogP contribution in [0.3, 0.4) is 0 Å². The van der Waals surface area contributed by atoms with Crippen LogP contribution >= 0.6 is 0 Å². The Kier molecular flexibility index (Phi) is 11.4. The summed E-state index contributed by atoms with van der Waals surface area (Å²) in [6.07, 6.45) is 4.09. The number of carbonyl (C=O) groups excluding carboxylic acids is 2. The standard InChI is InChI=1S/C38H43N3O6S/c1-28-18-20-30(21-19-28)26-40(35(24-29-12-6-4-7-13-29)38(43)39-31-14-10-11-15-31)37(42)27-41(48(44,45)33-16-8-5-9-17-33)34-25-32(46-2)22-23-36(34)47-3/h4-9,12-13,16-23,25,31,35H,10-11,14-15,24,26-27H2,1-3H3,(H,39,43)/t35-/m0/s1. The summed E-state index contributed by atoms with van der Waals surface area (Å²) in [5.41, 5.74) is 2.90. The molecule has 4 aromatic rings. The molecule has 1 aliphatic carbocycles. The molecule has 1 saturated carbocycles. The lowest BCUT2D eigenvalue weighted by molar-refractivity contribution is -0.140. The Labute approximate surface area is 283 Å². The first-order valence-electron chi connectivity index (χ1n) is 16.2. The van der Waals surface area contributed by atoms with E-state index in [1.54, 1.807) is 30.3 Å². The molecule has 0 unspecified atom stereocenters. The minimum atomic E-state index is -4.29. The molecule has 0 aliphatic heterocycles. The number of rotatable bonds is 14. The van der Waals surface area contributed by atoms with Gasteiger partial charge in [-0.05, 0) is 55.2 Å². The Bertz CT molecular complexity index is 1780. The molecule has 252 valence electrons. The van der Waals surface area contributed by atoms with Gasteiger partial charge in [0.2, 0.25) is 11.8 Å². The van der Waals surface area contributed by atoms with E-state index >= 15 is 0 Å². The van der Waals surface area contributed by atoms with Gasteiger partial charge in [-0.3, -0.25) is 13.9 Å². The number of nitrogens with zero attached hydrogens (tertiary/aromatic N) is 2. The Hall–Kier alpha value is -4.83. The third-order valence-electron chi connectivity index (χ3n) is 8.71. The summed E-state index contributed by atoms with van der Waals surface area (Å²) in [5.74, 6) is -0.168. The van der Waals surface area contributed by atoms with Crippen molar-refractivity contribution >= 4 is 27.5 Å². The molecular weight excluding hydrogens is 627 g/mol. The smallest absolute Gasteiger partial charge is 0.264 e. The van der Waals surface area contributed by atoms with Gasteiger partial charge in [-0.15, -0.1) is 0 Å². The molecule has 0 aromatic heterocycles. The van der Waals surface area contributed by atoms with Crippen LogP contribution < -0.4 is 19.1 Å². The second-order valence-corrected chi connectivity index (χ2v) is 13.9. The Morgan fingerprint density at radius 2 is 1.48 bits per heavy atom. The number of sulfonamides is 1. The van der Waals surface area contributed by atoms with Crippen molar-refractivity contribution in [2.75, 3.05) is 25.1 Å². The van der Waals surface area contributed by atoms with Gasteiger partial charge in [0.25, 0.3) is 10.0 Å². The summed E-state index contributed by atoms with van der Waals surface area (Å²) in [5, 5.41) is 3.20. The number of hydrogen-bond donors (Lipinski definition) is 1.